The van der Waals surface area contributed by atoms with E-state index < -0.39 is 0 Å². The zero-order valence-electron chi connectivity index (χ0n) is 13.2. The van der Waals surface area contributed by atoms with Gasteiger partial charge in [0.1, 0.15) is 11.6 Å². The monoisotopic (exact) mass is 276 g/mol. The van der Waals surface area contributed by atoms with Crippen molar-refractivity contribution in [1.29, 1.82) is 0 Å². The van der Waals surface area contributed by atoms with Gasteiger partial charge in [-0.05, 0) is 38.6 Å². The maximum Gasteiger partial charge on any atom is 0.144 e. The fourth-order valence-electron chi connectivity index (χ4n) is 2.94. The highest BCUT2D eigenvalue weighted by Gasteiger charge is 2.22. The molecule has 0 aromatic carbocycles. The fourth-order valence-corrected chi connectivity index (χ4v) is 2.94. The number of hydrogen-bond acceptors (Lipinski definition) is 4. The molecule has 0 amide bonds. The Morgan fingerprint density at radius 3 is 2.90 bits per heavy atom. The van der Waals surface area contributed by atoms with E-state index in [4.69, 9.17) is 0 Å². The third-order valence-electron chi connectivity index (χ3n) is 3.89. The molecule has 1 N–H and O–H groups in total. The van der Waals surface area contributed by atoms with Crippen LogP contribution in [0.25, 0.3) is 0 Å². The Balaban J connectivity index is 1.93. The van der Waals surface area contributed by atoms with Gasteiger partial charge < -0.3 is 5.32 Å². The van der Waals surface area contributed by atoms with Crippen molar-refractivity contribution in [3.05, 3.63) is 17.6 Å². The maximum absolute atomic E-state index is 4.64. The van der Waals surface area contributed by atoms with Gasteiger partial charge in [-0.3, -0.25) is 4.90 Å². The summed E-state index contributed by atoms with van der Waals surface area (Å²) in [6.07, 6.45) is 5.10. The molecule has 1 atom stereocenters. The average molecular weight is 276 g/mol. The van der Waals surface area contributed by atoms with Crippen molar-refractivity contribution in [3.8, 4) is 0 Å². The summed E-state index contributed by atoms with van der Waals surface area (Å²) in [7, 11) is 0. The van der Waals surface area contributed by atoms with E-state index in [9.17, 15) is 0 Å². The van der Waals surface area contributed by atoms with Crippen LogP contribution in [-0.2, 0) is 6.54 Å². The van der Waals surface area contributed by atoms with E-state index in [1.807, 2.05) is 13.0 Å². The summed E-state index contributed by atoms with van der Waals surface area (Å²) in [5, 5.41) is 3.36. The predicted molar refractivity (Wildman–Crippen MR) is 83.8 cm³/mol. The number of aryl methyl sites for hydroxylation is 1. The number of likely N-dealkylation sites (tertiary alicyclic amines) is 1. The number of hydrogen-bond donors (Lipinski definition) is 1. The molecule has 2 heterocycles. The summed E-state index contributed by atoms with van der Waals surface area (Å²) in [5.41, 5.74) is 1.05. The third kappa shape index (κ3) is 4.44. The lowest BCUT2D eigenvalue weighted by Crippen LogP contribution is -2.22. The number of aromatic nitrogens is 2. The van der Waals surface area contributed by atoms with Crippen molar-refractivity contribution in [1.82, 2.24) is 14.9 Å². The Hall–Kier alpha value is -1.16. The van der Waals surface area contributed by atoms with Crippen molar-refractivity contribution < 1.29 is 0 Å². The summed E-state index contributed by atoms with van der Waals surface area (Å²) in [6.45, 7) is 10.8. The minimum atomic E-state index is 0.877. The predicted octanol–water partition coefficient (Wildman–Crippen LogP) is 3.23. The first kappa shape index (κ1) is 15.2. The lowest BCUT2D eigenvalue weighted by Gasteiger charge is -2.16. The molecule has 1 aromatic heterocycles. The van der Waals surface area contributed by atoms with Gasteiger partial charge in [0.2, 0.25) is 0 Å². The molecule has 0 saturated carbocycles. The number of anilines is 1. The molecular formula is C16H28N4. The minimum Gasteiger partial charge on any atom is -0.370 e. The molecule has 1 aromatic rings. The second-order valence-electron chi connectivity index (χ2n) is 5.92. The highest BCUT2D eigenvalue weighted by atomic mass is 15.2. The van der Waals surface area contributed by atoms with E-state index in [-0.39, 0.29) is 0 Å². The minimum absolute atomic E-state index is 0.877. The number of rotatable bonds is 7. The molecule has 1 aliphatic heterocycles. The lowest BCUT2D eigenvalue weighted by atomic mass is 10.0. The van der Waals surface area contributed by atoms with Crippen LogP contribution in [0.5, 0.6) is 0 Å². The Kier molecular flexibility index (Phi) is 5.77. The van der Waals surface area contributed by atoms with Crippen molar-refractivity contribution >= 4 is 5.82 Å². The second kappa shape index (κ2) is 7.58. The molecule has 0 bridgehead atoms. The van der Waals surface area contributed by atoms with E-state index >= 15 is 0 Å². The zero-order chi connectivity index (χ0) is 14.4. The fraction of sp³-hybridized carbons (Fsp3) is 0.750. The van der Waals surface area contributed by atoms with Gasteiger partial charge in [-0.25, -0.2) is 9.97 Å². The molecule has 1 fully saturated rings. The van der Waals surface area contributed by atoms with E-state index in [0.29, 0.717) is 0 Å². The Bertz CT molecular complexity index is 419. The van der Waals surface area contributed by atoms with Crippen LogP contribution in [0.1, 0.15) is 51.0 Å². The van der Waals surface area contributed by atoms with Crippen LogP contribution in [0.3, 0.4) is 0 Å². The summed E-state index contributed by atoms with van der Waals surface area (Å²) < 4.78 is 0. The van der Waals surface area contributed by atoms with Crippen LogP contribution >= 0.6 is 0 Å². The number of nitrogens with zero attached hydrogens (tertiary/aromatic N) is 3. The normalized spacial score (nSPS) is 19.4. The van der Waals surface area contributed by atoms with E-state index in [1.165, 1.54) is 32.4 Å². The van der Waals surface area contributed by atoms with Gasteiger partial charge in [0, 0.05) is 24.8 Å². The molecule has 4 nitrogen and oxygen atoms in total. The second-order valence-corrected chi connectivity index (χ2v) is 5.92. The van der Waals surface area contributed by atoms with E-state index in [2.05, 4.69) is 34.0 Å². The molecule has 1 saturated heterocycles. The lowest BCUT2D eigenvalue weighted by molar-refractivity contribution is 0.305. The molecule has 2 rings (SSSR count). The van der Waals surface area contributed by atoms with Gasteiger partial charge in [-0.1, -0.05) is 20.3 Å². The smallest absolute Gasteiger partial charge is 0.144 e. The molecule has 0 aliphatic carbocycles. The van der Waals surface area contributed by atoms with Crippen LogP contribution in [-0.4, -0.2) is 34.5 Å². The van der Waals surface area contributed by atoms with Gasteiger partial charge in [0.25, 0.3) is 0 Å². The van der Waals surface area contributed by atoms with Crippen molar-refractivity contribution in [3.63, 3.8) is 0 Å². The summed E-state index contributed by atoms with van der Waals surface area (Å²) in [4.78, 5) is 11.7. The van der Waals surface area contributed by atoms with Crippen molar-refractivity contribution in [2.45, 2.75) is 53.0 Å². The van der Waals surface area contributed by atoms with Gasteiger partial charge in [-0.2, -0.15) is 0 Å². The van der Waals surface area contributed by atoms with Crippen molar-refractivity contribution in [2.75, 3.05) is 25.0 Å². The average Bonchev–Trinajstić information content (AvgIpc) is 2.83. The van der Waals surface area contributed by atoms with Crippen LogP contribution in [0.4, 0.5) is 5.82 Å². The molecule has 0 radical (unpaired) electrons. The summed E-state index contributed by atoms with van der Waals surface area (Å²) in [5.74, 6) is 2.81. The van der Waals surface area contributed by atoms with Gasteiger partial charge in [-0.15, -0.1) is 0 Å². The summed E-state index contributed by atoms with van der Waals surface area (Å²) >= 11 is 0. The molecular weight excluding hydrogens is 248 g/mol. The first-order chi connectivity index (χ1) is 9.71. The molecule has 112 valence electrons. The SMILES string of the molecule is CCCNc1cc(C)nc(CN2CCC(CCC)C2)n1. The van der Waals surface area contributed by atoms with Crippen molar-refractivity contribution in [2.24, 2.45) is 5.92 Å². The van der Waals surface area contributed by atoms with Gasteiger partial charge in [0.05, 0.1) is 6.54 Å². The van der Waals surface area contributed by atoms with Crippen LogP contribution < -0.4 is 5.32 Å². The highest BCUT2D eigenvalue weighted by Crippen LogP contribution is 2.22. The van der Waals surface area contributed by atoms with Crippen LogP contribution in [0.15, 0.2) is 6.07 Å². The molecule has 0 spiro atoms. The third-order valence-corrected chi connectivity index (χ3v) is 3.89. The van der Waals surface area contributed by atoms with Crippen LogP contribution in [0.2, 0.25) is 0 Å². The zero-order valence-corrected chi connectivity index (χ0v) is 13.2. The maximum atomic E-state index is 4.64. The van der Waals surface area contributed by atoms with Crippen LogP contribution in [0, 0.1) is 12.8 Å². The van der Waals surface area contributed by atoms with Gasteiger partial charge in [0.15, 0.2) is 0 Å². The van der Waals surface area contributed by atoms with Gasteiger partial charge >= 0.3 is 0 Å². The highest BCUT2D eigenvalue weighted by molar-refractivity contribution is 5.35. The van der Waals surface area contributed by atoms with E-state index in [0.717, 1.165) is 42.8 Å². The quantitative estimate of drug-likeness (QED) is 0.830. The largest absolute Gasteiger partial charge is 0.370 e. The van der Waals surface area contributed by atoms with E-state index in [1.54, 1.807) is 0 Å². The summed E-state index contributed by atoms with van der Waals surface area (Å²) in [6, 6.07) is 2.03. The topological polar surface area (TPSA) is 41.1 Å². The Labute approximate surface area is 123 Å². The molecule has 20 heavy (non-hydrogen) atoms. The Morgan fingerprint density at radius 2 is 2.15 bits per heavy atom. The standard InChI is InChI=1S/C16H28N4/c1-4-6-14-7-9-20(11-14)12-16-18-13(3)10-15(19-16)17-8-5-2/h10,14H,4-9,11-12H2,1-3H3,(H,17,18,19). The molecule has 4 heteroatoms. The first-order valence-electron chi connectivity index (χ1n) is 8.02. The first-order valence-corrected chi connectivity index (χ1v) is 8.02. The molecule has 1 aliphatic rings. The Morgan fingerprint density at radius 1 is 1.30 bits per heavy atom. The molecule has 1 unspecified atom stereocenters. The number of nitrogens with one attached hydrogen (secondary N) is 1.